The van der Waals surface area contributed by atoms with Gasteiger partial charge in [0.25, 0.3) is 5.69 Å². The first-order valence-corrected chi connectivity index (χ1v) is 5.06. The van der Waals surface area contributed by atoms with Crippen LogP contribution in [0, 0.1) is 17.0 Å². The van der Waals surface area contributed by atoms with Gasteiger partial charge in [0.1, 0.15) is 0 Å². The van der Waals surface area contributed by atoms with Gasteiger partial charge in [0.15, 0.2) is 0 Å². The summed E-state index contributed by atoms with van der Waals surface area (Å²) in [5.74, 6) is 0. The summed E-state index contributed by atoms with van der Waals surface area (Å²) in [7, 11) is 0. The van der Waals surface area contributed by atoms with E-state index in [1.807, 2.05) is 6.92 Å². The largest absolute Gasteiger partial charge is 0.382 e. The van der Waals surface area contributed by atoms with Crippen LogP contribution in [0.2, 0.25) is 0 Å². The molecule has 15 heavy (non-hydrogen) atoms. The van der Waals surface area contributed by atoms with Crippen LogP contribution >= 0.6 is 0 Å². The monoisotopic (exact) mass is 208 g/mol. The number of rotatable bonds is 4. The molecular weight excluding hydrogens is 192 g/mol. The van der Waals surface area contributed by atoms with Crippen molar-refractivity contribution in [3.05, 3.63) is 33.9 Å². The minimum absolute atomic E-state index is 0.131. The number of benzene rings is 1. The maximum Gasteiger partial charge on any atom is 0.271 e. The Balaban J connectivity index is 2.95. The first-order valence-electron chi connectivity index (χ1n) is 5.06. The van der Waals surface area contributed by atoms with Crippen LogP contribution in [0.25, 0.3) is 0 Å². The van der Waals surface area contributed by atoms with Crippen LogP contribution in [0.3, 0.4) is 0 Å². The molecule has 0 aromatic heterocycles. The molecule has 1 rings (SSSR count). The molecule has 0 saturated carbocycles. The first-order chi connectivity index (χ1) is 7.04. The van der Waals surface area contributed by atoms with Crippen LogP contribution in [0.4, 0.5) is 11.4 Å². The summed E-state index contributed by atoms with van der Waals surface area (Å²) in [6.45, 7) is 6.07. The van der Waals surface area contributed by atoms with E-state index >= 15 is 0 Å². The Bertz CT molecular complexity index is 364. The lowest BCUT2D eigenvalue weighted by molar-refractivity contribution is -0.384. The molecule has 0 saturated heterocycles. The van der Waals surface area contributed by atoms with Gasteiger partial charge in [-0.25, -0.2) is 0 Å². The molecule has 1 atom stereocenters. The Labute approximate surface area is 89.5 Å². The van der Waals surface area contributed by atoms with Gasteiger partial charge in [-0.15, -0.1) is 0 Å². The molecule has 1 aromatic rings. The first kappa shape index (κ1) is 11.5. The fourth-order valence-corrected chi connectivity index (χ4v) is 1.25. The fourth-order valence-electron chi connectivity index (χ4n) is 1.25. The van der Waals surface area contributed by atoms with E-state index in [4.69, 9.17) is 0 Å². The summed E-state index contributed by atoms with van der Waals surface area (Å²) in [5, 5.41) is 13.8. The van der Waals surface area contributed by atoms with Crippen molar-refractivity contribution >= 4 is 11.4 Å². The summed E-state index contributed by atoms with van der Waals surface area (Å²) in [6.07, 6.45) is 0.988. The number of aryl methyl sites for hydroxylation is 1. The van der Waals surface area contributed by atoms with Crippen molar-refractivity contribution in [2.75, 3.05) is 5.32 Å². The number of anilines is 1. The number of non-ortho nitro benzene ring substituents is 1. The predicted octanol–water partition coefficient (Wildman–Crippen LogP) is 3.11. The number of nitrogens with zero attached hydrogens (tertiary/aromatic N) is 1. The van der Waals surface area contributed by atoms with Crippen LogP contribution in [0.5, 0.6) is 0 Å². The predicted molar refractivity (Wildman–Crippen MR) is 61.2 cm³/mol. The van der Waals surface area contributed by atoms with Crippen LogP contribution < -0.4 is 5.32 Å². The molecule has 0 heterocycles. The quantitative estimate of drug-likeness (QED) is 0.611. The fraction of sp³-hybridized carbons (Fsp3) is 0.455. The van der Waals surface area contributed by atoms with Gasteiger partial charge >= 0.3 is 0 Å². The van der Waals surface area contributed by atoms with E-state index in [1.165, 1.54) is 6.07 Å². The van der Waals surface area contributed by atoms with Gasteiger partial charge in [-0.05, 0) is 25.8 Å². The smallest absolute Gasteiger partial charge is 0.271 e. The highest BCUT2D eigenvalue weighted by Crippen LogP contribution is 2.22. The lowest BCUT2D eigenvalue weighted by atomic mass is 10.1. The van der Waals surface area contributed by atoms with Gasteiger partial charge < -0.3 is 5.32 Å². The third kappa shape index (κ3) is 2.94. The minimum Gasteiger partial charge on any atom is -0.382 e. The molecule has 0 aliphatic rings. The van der Waals surface area contributed by atoms with Crippen molar-refractivity contribution in [2.45, 2.75) is 33.2 Å². The van der Waals surface area contributed by atoms with Crippen molar-refractivity contribution in [1.29, 1.82) is 0 Å². The third-order valence-corrected chi connectivity index (χ3v) is 2.45. The molecule has 0 radical (unpaired) electrons. The van der Waals surface area contributed by atoms with Gasteiger partial charge in [-0.3, -0.25) is 10.1 Å². The molecular formula is C11H16N2O2. The second-order valence-electron chi connectivity index (χ2n) is 3.71. The zero-order chi connectivity index (χ0) is 11.4. The van der Waals surface area contributed by atoms with E-state index in [0.717, 1.165) is 17.7 Å². The number of nitro benzene ring substituents is 1. The van der Waals surface area contributed by atoms with Crippen molar-refractivity contribution in [3.8, 4) is 0 Å². The van der Waals surface area contributed by atoms with Gasteiger partial charge in [0.2, 0.25) is 0 Å². The number of nitrogens with one attached hydrogen (secondary N) is 1. The van der Waals surface area contributed by atoms with Crippen molar-refractivity contribution in [1.82, 2.24) is 0 Å². The molecule has 0 amide bonds. The molecule has 0 bridgehead atoms. The molecule has 1 aromatic carbocycles. The Kier molecular flexibility index (Phi) is 3.66. The summed E-state index contributed by atoms with van der Waals surface area (Å²) in [4.78, 5) is 10.2. The molecule has 0 spiro atoms. The van der Waals surface area contributed by atoms with Crippen LogP contribution in [0.1, 0.15) is 25.8 Å². The molecule has 0 aliphatic heterocycles. The Morgan fingerprint density at radius 2 is 2.20 bits per heavy atom. The van der Waals surface area contributed by atoms with Crippen molar-refractivity contribution in [3.63, 3.8) is 0 Å². The van der Waals surface area contributed by atoms with Crippen LogP contribution in [0.15, 0.2) is 18.2 Å². The Hall–Kier alpha value is -1.58. The highest BCUT2D eigenvalue weighted by molar-refractivity contribution is 5.57. The van der Waals surface area contributed by atoms with Gasteiger partial charge in [0, 0.05) is 23.9 Å². The van der Waals surface area contributed by atoms with E-state index in [-0.39, 0.29) is 10.6 Å². The zero-order valence-electron chi connectivity index (χ0n) is 9.28. The van der Waals surface area contributed by atoms with E-state index in [2.05, 4.69) is 19.2 Å². The summed E-state index contributed by atoms with van der Waals surface area (Å²) >= 11 is 0. The highest BCUT2D eigenvalue weighted by Gasteiger charge is 2.09. The van der Waals surface area contributed by atoms with Crippen molar-refractivity contribution in [2.24, 2.45) is 0 Å². The Morgan fingerprint density at radius 3 is 2.73 bits per heavy atom. The average molecular weight is 208 g/mol. The SMILES string of the molecule is CCC(C)Nc1cc([N+](=O)[O-])ccc1C. The normalized spacial score (nSPS) is 12.2. The van der Waals surface area contributed by atoms with E-state index in [9.17, 15) is 10.1 Å². The summed E-state index contributed by atoms with van der Waals surface area (Å²) < 4.78 is 0. The topological polar surface area (TPSA) is 55.2 Å². The molecule has 1 unspecified atom stereocenters. The molecule has 0 aliphatic carbocycles. The second kappa shape index (κ2) is 4.77. The molecule has 1 N–H and O–H groups in total. The number of hydrogen-bond donors (Lipinski definition) is 1. The summed E-state index contributed by atoms with van der Waals surface area (Å²) in [5.41, 5.74) is 2.01. The van der Waals surface area contributed by atoms with Crippen LogP contribution in [-0.4, -0.2) is 11.0 Å². The maximum absolute atomic E-state index is 10.6. The lowest BCUT2D eigenvalue weighted by Crippen LogP contribution is -2.14. The van der Waals surface area contributed by atoms with E-state index in [0.29, 0.717) is 6.04 Å². The molecule has 0 fully saturated rings. The maximum atomic E-state index is 10.6. The molecule has 4 nitrogen and oxygen atoms in total. The lowest BCUT2D eigenvalue weighted by Gasteiger charge is -2.14. The minimum atomic E-state index is -0.374. The zero-order valence-corrected chi connectivity index (χ0v) is 9.28. The second-order valence-corrected chi connectivity index (χ2v) is 3.71. The average Bonchev–Trinajstić information content (AvgIpc) is 2.20. The van der Waals surface area contributed by atoms with Crippen LogP contribution in [-0.2, 0) is 0 Å². The highest BCUT2D eigenvalue weighted by atomic mass is 16.6. The van der Waals surface area contributed by atoms with E-state index < -0.39 is 0 Å². The third-order valence-electron chi connectivity index (χ3n) is 2.45. The van der Waals surface area contributed by atoms with Gasteiger partial charge in [0.05, 0.1) is 4.92 Å². The van der Waals surface area contributed by atoms with Gasteiger partial charge in [-0.2, -0.15) is 0 Å². The molecule has 82 valence electrons. The van der Waals surface area contributed by atoms with Crippen molar-refractivity contribution < 1.29 is 4.92 Å². The molecule has 4 heteroatoms. The Morgan fingerprint density at radius 1 is 1.53 bits per heavy atom. The van der Waals surface area contributed by atoms with E-state index in [1.54, 1.807) is 12.1 Å². The number of nitro groups is 1. The van der Waals surface area contributed by atoms with Gasteiger partial charge in [-0.1, -0.05) is 13.0 Å². The standard InChI is InChI=1S/C11H16N2O2/c1-4-9(3)12-11-7-10(13(14)15)6-5-8(11)2/h5-7,9,12H,4H2,1-3H3. The summed E-state index contributed by atoms with van der Waals surface area (Å²) in [6, 6.07) is 5.20. The number of hydrogen-bond acceptors (Lipinski definition) is 3.